The molecule has 124 valence electrons. The van der Waals surface area contributed by atoms with E-state index in [1.54, 1.807) is 12.4 Å². The Morgan fingerprint density at radius 1 is 1.09 bits per heavy atom. The zero-order chi connectivity index (χ0) is 16.4. The molecule has 1 fully saturated rings. The smallest absolute Gasteiger partial charge is 0.243 e. The largest absolute Gasteiger partial charge is 0.338 e. The van der Waals surface area contributed by atoms with E-state index < -0.39 is 0 Å². The van der Waals surface area contributed by atoms with E-state index >= 15 is 0 Å². The van der Waals surface area contributed by atoms with E-state index in [0.29, 0.717) is 5.89 Å². The molecule has 0 saturated carbocycles. The molecule has 0 N–H and O–H groups in total. The molecule has 2 aromatic heterocycles. The fraction of sp³-hybridized carbons (Fsp3) is 0.625. The average Bonchev–Trinajstić information content (AvgIpc) is 3.05. The predicted octanol–water partition coefficient (Wildman–Crippen LogP) is 2.04. The van der Waals surface area contributed by atoms with Crippen LogP contribution in [0.5, 0.6) is 0 Å². The van der Waals surface area contributed by atoms with Gasteiger partial charge in [0.25, 0.3) is 0 Å². The number of rotatable bonds is 3. The van der Waals surface area contributed by atoms with Crippen molar-refractivity contribution in [3.05, 3.63) is 30.2 Å². The van der Waals surface area contributed by atoms with E-state index in [9.17, 15) is 0 Å². The van der Waals surface area contributed by atoms with Crippen LogP contribution in [-0.2, 0) is 5.41 Å². The first-order valence-corrected chi connectivity index (χ1v) is 8.05. The van der Waals surface area contributed by atoms with Crippen molar-refractivity contribution in [2.75, 3.05) is 31.1 Å². The lowest BCUT2D eigenvalue weighted by Crippen LogP contribution is -2.47. The summed E-state index contributed by atoms with van der Waals surface area (Å²) >= 11 is 0. The van der Waals surface area contributed by atoms with Crippen LogP contribution >= 0.6 is 0 Å². The normalized spacial score (nSPS) is 18.2. The molecule has 3 heterocycles. The number of piperazine rings is 1. The maximum Gasteiger partial charge on any atom is 0.243 e. The Morgan fingerprint density at radius 2 is 1.74 bits per heavy atom. The standard InChI is InChI=1S/C16H24N6O/c1-12(13-19-14(20-23-13)16(2,3)4)21-8-10-22(11-9-21)15-17-6-5-7-18-15/h5-7,12H,8-11H2,1-4H3/t12-/m0/s1. The van der Waals surface area contributed by atoms with Crippen LogP contribution in [0.25, 0.3) is 0 Å². The number of anilines is 1. The van der Waals surface area contributed by atoms with Gasteiger partial charge in [0.1, 0.15) is 0 Å². The highest BCUT2D eigenvalue weighted by Gasteiger charge is 2.28. The zero-order valence-corrected chi connectivity index (χ0v) is 14.2. The highest BCUT2D eigenvalue weighted by molar-refractivity contribution is 5.29. The van der Waals surface area contributed by atoms with E-state index in [1.807, 2.05) is 6.07 Å². The summed E-state index contributed by atoms with van der Waals surface area (Å²) in [5.74, 6) is 2.25. The fourth-order valence-corrected chi connectivity index (χ4v) is 2.63. The summed E-state index contributed by atoms with van der Waals surface area (Å²) in [6, 6.07) is 1.96. The van der Waals surface area contributed by atoms with Gasteiger partial charge < -0.3 is 9.42 Å². The minimum absolute atomic E-state index is 0.0924. The van der Waals surface area contributed by atoms with Gasteiger partial charge in [-0.1, -0.05) is 25.9 Å². The first-order chi connectivity index (χ1) is 10.9. The zero-order valence-electron chi connectivity index (χ0n) is 14.2. The van der Waals surface area contributed by atoms with Gasteiger partial charge in [0.05, 0.1) is 6.04 Å². The van der Waals surface area contributed by atoms with Crippen LogP contribution in [0, 0.1) is 0 Å². The molecule has 2 aromatic rings. The summed E-state index contributed by atoms with van der Waals surface area (Å²) in [4.78, 5) is 17.8. The molecule has 0 aromatic carbocycles. The molecule has 0 spiro atoms. The Labute approximate surface area is 136 Å². The van der Waals surface area contributed by atoms with Crippen LogP contribution in [0.2, 0.25) is 0 Å². The summed E-state index contributed by atoms with van der Waals surface area (Å²) in [7, 11) is 0. The highest BCUT2D eigenvalue weighted by atomic mass is 16.5. The number of nitrogens with zero attached hydrogens (tertiary/aromatic N) is 6. The number of hydrogen-bond donors (Lipinski definition) is 0. The predicted molar refractivity (Wildman–Crippen MR) is 87.2 cm³/mol. The molecule has 0 aliphatic carbocycles. The lowest BCUT2D eigenvalue weighted by atomic mass is 9.96. The molecule has 0 bridgehead atoms. The molecule has 3 rings (SSSR count). The van der Waals surface area contributed by atoms with E-state index in [0.717, 1.165) is 38.0 Å². The van der Waals surface area contributed by atoms with Gasteiger partial charge >= 0.3 is 0 Å². The topological polar surface area (TPSA) is 71.2 Å². The SMILES string of the molecule is C[C@@H](c1nc(C(C)(C)C)no1)N1CCN(c2ncccn2)CC1. The lowest BCUT2D eigenvalue weighted by Gasteiger charge is -2.36. The van der Waals surface area contributed by atoms with E-state index in [4.69, 9.17) is 4.52 Å². The molecule has 1 aliphatic rings. The molecular weight excluding hydrogens is 292 g/mol. The minimum atomic E-state index is -0.0924. The van der Waals surface area contributed by atoms with Crippen LogP contribution in [0.4, 0.5) is 5.95 Å². The number of aromatic nitrogens is 4. The van der Waals surface area contributed by atoms with Crippen LogP contribution < -0.4 is 4.90 Å². The quantitative estimate of drug-likeness (QED) is 0.858. The lowest BCUT2D eigenvalue weighted by molar-refractivity contribution is 0.163. The van der Waals surface area contributed by atoms with Gasteiger partial charge in [-0.3, -0.25) is 4.90 Å². The molecule has 0 amide bonds. The van der Waals surface area contributed by atoms with Crippen molar-refractivity contribution in [3.8, 4) is 0 Å². The van der Waals surface area contributed by atoms with Gasteiger partial charge in [0.2, 0.25) is 11.8 Å². The van der Waals surface area contributed by atoms with Gasteiger partial charge in [-0.25, -0.2) is 9.97 Å². The van der Waals surface area contributed by atoms with E-state index in [-0.39, 0.29) is 11.5 Å². The van der Waals surface area contributed by atoms with Crippen molar-refractivity contribution >= 4 is 5.95 Å². The van der Waals surface area contributed by atoms with Crippen molar-refractivity contribution < 1.29 is 4.52 Å². The molecule has 1 saturated heterocycles. The van der Waals surface area contributed by atoms with Crippen molar-refractivity contribution in [2.24, 2.45) is 0 Å². The minimum Gasteiger partial charge on any atom is -0.338 e. The summed E-state index contributed by atoms with van der Waals surface area (Å²) in [6.45, 7) is 12.0. The maximum atomic E-state index is 5.48. The molecule has 1 aliphatic heterocycles. The van der Waals surface area contributed by atoms with Crippen LogP contribution in [0.1, 0.15) is 45.5 Å². The molecule has 7 nitrogen and oxygen atoms in total. The Balaban J connectivity index is 1.62. The van der Waals surface area contributed by atoms with Crippen LogP contribution in [0.15, 0.2) is 23.0 Å². The molecule has 0 radical (unpaired) electrons. The van der Waals surface area contributed by atoms with Gasteiger partial charge in [-0.05, 0) is 13.0 Å². The molecule has 23 heavy (non-hydrogen) atoms. The van der Waals surface area contributed by atoms with Crippen LogP contribution in [0.3, 0.4) is 0 Å². The van der Waals surface area contributed by atoms with Gasteiger partial charge in [-0.2, -0.15) is 4.98 Å². The maximum absolute atomic E-state index is 5.48. The Kier molecular flexibility index (Phi) is 4.30. The van der Waals surface area contributed by atoms with Crippen molar-refractivity contribution in [3.63, 3.8) is 0 Å². The second-order valence-corrected chi connectivity index (χ2v) is 6.95. The van der Waals surface area contributed by atoms with Crippen molar-refractivity contribution in [1.82, 2.24) is 25.0 Å². The molecule has 0 unspecified atom stereocenters. The molecular formula is C16H24N6O. The van der Waals surface area contributed by atoms with Crippen molar-refractivity contribution in [2.45, 2.75) is 39.2 Å². The van der Waals surface area contributed by atoms with Gasteiger partial charge in [0, 0.05) is 44.0 Å². The van der Waals surface area contributed by atoms with Crippen molar-refractivity contribution in [1.29, 1.82) is 0 Å². The third-order valence-electron chi connectivity index (χ3n) is 4.17. The fourth-order valence-electron chi connectivity index (χ4n) is 2.63. The Hall–Kier alpha value is -2.02. The molecule has 7 heteroatoms. The number of hydrogen-bond acceptors (Lipinski definition) is 7. The van der Waals surface area contributed by atoms with Crippen LogP contribution in [-0.4, -0.2) is 51.2 Å². The molecule has 1 atom stereocenters. The van der Waals surface area contributed by atoms with E-state index in [1.165, 1.54) is 0 Å². The average molecular weight is 316 g/mol. The first kappa shape index (κ1) is 15.9. The second kappa shape index (κ2) is 6.23. The van der Waals surface area contributed by atoms with E-state index in [2.05, 4.69) is 57.6 Å². The summed E-state index contributed by atoms with van der Waals surface area (Å²) < 4.78 is 5.48. The summed E-state index contributed by atoms with van der Waals surface area (Å²) in [6.07, 6.45) is 3.56. The monoisotopic (exact) mass is 316 g/mol. The highest BCUT2D eigenvalue weighted by Crippen LogP contribution is 2.24. The summed E-state index contributed by atoms with van der Waals surface area (Å²) in [5.41, 5.74) is -0.0924. The second-order valence-electron chi connectivity index (χ2n) is 6.95. The third-order valence-corrected chi connectivity index (χ3v) is 4.17. The van der Waals surface area contributed by atoms with Gasteiger partial charge in [-0.15, -0.1) is 0 Å². The third kappa shape index (κ3) is 3.50. The van der Waals surface area contributed by atoms with Gasteiger partial charge in [0.15, 0.2) is 5.82 Å². The Morgan fingerprint density at radius 3 is 2.30 bits per heavy atom. The summed E-state index contributed by atoms with van der Waals surface area (Å²) in [5, 5.41) is 4.12. The first-order valence-electron chi connectivity index (χ1n) is 8.05. The Bertz CT molecular complexity index is 628.